The van der Waals surface area contributed by atoms with Gasteiger partial charge in [0.05, 0.1) is 0 Å². The maximum absolute atomic E-state index is 12.9. The third kappa shape index (κ3) is 4.47. The van der Waals surface area contributed by atoms with E-state index in [0.717, 1.165) is 5.56 Å². The van der Waals surface area contributed by atoms with Crippen LogP contribution < -0.4 is 10.9 Å². The summed E-state index contributed by atoms with van der Waals surface area (Å²) in [4.78, 5) is 16.1. The largest absolute Gasteiger partial charge is 0.405 e. The van der Waals surface area contributed by atoms with Gasteiger partial charge in [-0.05, 0) is 24.1 Å². The third-order valence-electron chi connectivity index (χ3n) is 4.60. The molecule has 2 N–H and O–H groups in total. The van der Waals surface area contributed by atoms with Crippen molar-refractivity contribution in [3.05, 3.63) is 35.6 Å². The van der Waals surface area contributed by atoms with Gasteiger partial charge in [0.1, 0.15) is 17.9 Å². The molecule has 1 aromatic carbocycles. The zero-order chi connectivity index (χ0) is 18.0. The monoisotopic (exact) mass is 360 g/mol. The summed E-state index contributed by atoms with van der Waals surface area (Å²) in [5.41, 5.74) is 5.59. The molecule has 2 aliphatic heterocycles. The first-order valence-electron chi connectivity index (χ1n) is 8.16. The highest BCUT2D eigenvalue weighted by Gasteiger charge is 2.46. The van der Waals surface area contributed by atoms with E-state index in [4.69, 9.17) is 0 Å². The van der Waals surface area contributed by atoms with Crippen molar-refractivity contribution < 1.29 is 22.4 Å². The minimum Gasteiger partial charge on any atom is -0.339 e. The molecule has 2 unspecified atom stereocenters. The van der Waals surface area contributed by atoms with Crippen molar-refractivity contribution in [3.8, 4) is 0 Å². The summed E-state index contributed by atoms with van der Waals surface area (Å²) in [6, 6.07) is 3.71. The zero-order valence-electron chi connectivity index (χ0n) is 13.5. The highest BCUT2D eigenvalue weighted by molar-refractivity contribution is 5.82. The van der Waals surface area contributed by atoms with E-state index >= 15 is 0 Å². The summed E-state index contributed by atoms with van der Waals surface area (Å²) in [6.45, 7) is 2.85. The van der Waals surface area contributed by atoms with Crippen LogP contribution in [0.4, 0.5) is 17.6 Å². The van der Waals surface area contributed by atoms with E-state index in [0.29, 0.717) is 32.7 Å². The summed E-state index contributed by atoms with van der Waals surface area (Å²) in [5, 5.41) is 0. The molecule has 1 amide bonds. The fourth-order valence-electron chi connectivity index (χ4n) is 3.13. The fraction of sp³-hybridized carbons (Fsp3) is 0.562. The highest BCUT2D eigenvalue weighted by Crippen LogP contribution is 2.26. The van der Waals surface area contributed by atoms with E-state index in [-0.39, 0.29) is 18.1 Å². The van der Waals surface area contributed by atoms with Crippen LogP contribution in [0.2, 0.25) is 0 Å². The van der Waals surface area contributed by atoms with Crippen LogP contribution in [-0.2, 0) is 11.3 Å². The van der Waals surface area contributed by atoms with Gasteiger partial charge in [-0.25, -0.2) is 15.2 Å². The lowest BCUT2D eigenvalue weighted by Gasteiger charge is -2.35. The number of carbonyl (C=O) groups is 1. The molecule has 0 saturated carbocycles. The first kappa shape index (κ1) is 18.1. The van der Waals surface area contributed by atoms with E-state index in [2.05, 4.69) is 15.8 Å². The molecule has 2 saturated heterocycles. The number of hydrazine groups is 1. The van der Waals surface area contributed by atoms with E-state index < -0.39 is 18.3 Å². The molecular weight excluding hydrogens is 340 g/mol. The van der Waals surface area contributed by atoms with Crippen LogP contribution >= 0.6 is 0 Å². The van der Waals surface area contributed by atoms with Gasteiger partial charge in [0.15, 0.2) is 0 Å². The molecule has 25 heavy (non-hydrogen) atoms. The van der Waals surface area contributed by atoms with Gasteiger partial charge < -0.3 is 4.90 Å². The standard InChI is InChI=1S/C16H20F4N4O/c17-12-3-1-11(2-4-12)10-23-5-7-24(8-6-23)15(25)13-9-14(22-21-13)16(18,19)20/h1-4,13-14,21-22H,5-10H2. The van der Waals surface area contributed by atoms with Crippen LogP contribution in [0.3, 0.4) is 0 Å². The van der Waals surface area contributed by atoms with Crippen LogP contribution in [-0.4, -0.2) is 60.1 Å². The maximum atomic E-state index is 12.9. The number of alkyl halides is 3. The molecule has 0 aromatic heterocycles. The number of halogens is 4. The Bertz CT molecular complexity index is 599. The highest BCUT2D eigenvalue weighted by atomic mass is 19.4. The van der Waals surface area contributed by atoms with Gasteiger partial charge in [-0.3, -0.25) is 9.69 Å². The first-order chi connectivity index (χ1) is 11.8. The van der Waals surface area contributed by atoms with E-state index in [9.17, 15) is 22.4 Å². The number of piperazine rings is 1. The molecule has 1 aromatic rings. The molecule has 0 radical (unpaired) electrons. The summed E-state index contributed by atoms with van der Waals surface area (Å²) >= 11 is 0. The number of hydrogen-bond donors (Lipinski definition) is 2. The van der Waals surface area contributed by atoms with Crippen molar-refractivity contribution in [3.63, 3.8) is 0 Å². The SMILES string of the molecule is O=C(C1CC(C(F)(F)F)NN1)N1CCN(Cc2ccc(F)cc2)CC1. The Kier molecular flexibility index (Phi) is 5.26. The predicted molar refractivity (Wildman–Crippen MR) is 82.8 cm³/mol. The van der Waals surface area contributed by atoms with Gasteiger partial charge >= 0.3 is 6.18 Å². The second kappa shape index (κ2) is 7.27. The van der Waals surface area contributed by atoms with E-state index in [1.54, 1.807) is 17.0 Å². The molecule has 2 fully saturated rings. The number of amides is 1. The van der Waals surface area contributed by atoms with Crippen LogP contribution in [0.25, 0.3) is 0 Å². The summed E-state index contributed by atoms with van der Waals surface area (Å²) < 4.78 is 50.9. The van der Waals surface area contributed by atoms with Crippen LogP contribution in [0.15, 0.2) is 24.3 Å². The Morgan fingerprint density at radius 1 is 1.08 bits per heavy atom. The molecule has 2 atom stereocenters. The van der Waals surface area contributed by atoms with Crippen molar-refractivity contribution in [2.75, 3.05) is 26.2 Å². The molecule has 0 spiro atoms. The minimum atomic E-state index is -4.37. The number of rotatable bonds is 3. The maximum Gasteiger partial charge on any atom is 0.405 e. The van der Waals surface area contributed by atoms with Crippen LogP contribution in [0.5, 0.6) is 0 Å². The van der Waals surface area contributed by atoms with Gasteiger partial charge in [-0.2, -0.15) is 13.2 Å². The van der Waals surface area contributed by atoms with Crippen molar-refractivity contribution in [2.45, 2.75) is 31.2 Å². The zero-order valence-corrected chi connectivity index (χ0v) is 13.5. The molecule has 2 aliphatic rings. The Labute approximate surface area is 142 Å². The van der Waals surface area contributed by atoms with Gasteiger partial charge in [0.25, 0.3) is 0 Å². The molecule has 0 aliphatic carbocycles. The van der Waals surface area contributed by atoms with Crippen molar-refractivity contribution in [2.24, 2.45) is 0 Å². The minimum absolute atomic E-state index is 0.283. The third-order valence-corrected chi connectivity index (χ3v) is 4.60. The number of carbonyl (C=O) groups excluding carboxylic acids is 1. The molecule has 2 heterocycles. The van der Waals surface area contributed by atoms with E-state index in [1.165, 1.54) is 12.1 Å². The number of nitrogens with zero attached hydrogens (tertiary/aromatic N) is 2. The normalized spacial score (nSPS) is 25.4. The predicted octanol–water partition coefficient (Wildman–Crippen LogP) is 1.27. The van der Waals surface area contributed by atoms with Gasteiger partial charge in [0.2, 0.25) is 5.91 Å². The lowest BCUT2D eigenvalue weighted by molar-refractivity contribution is -0.153. The Balaban J connectivity index is 1.47. The molecule has 0 bridgehead atoms. The summed E-state index contributed by atoms with van der Waals surface area (Å²) in [5.74, 6) is -0.588. The second-order valence-corrected chi connectivity index (χ2v) is 6.40. The average Bonchev–Trinajstić information content (AvgIpc) is 3.07. The smallest absolute Gasteiger partial charge is 0.339 e. The number of hydrogen-bond acceptors (Lipinski definition) is 4. The topological polar surface area (TPSA) is 47.6 Å². The lowest BCUT2D eigenvalue weighted by Crippen LogP contribution is -2.53. The van der Waals surface area contributed by atoms with Crippen LogP contribution in [0, 0.1) is 5.82 Å². The number of nitrogens with one attached hydrogen (secondary N) is 2. The second-order valence-electron chi connectivity index (χ2n) is 6.40. The van der Waals surface area contributed by atoms with E-state index in [1.807, 2.05) is 0 Å². The van der Waals surface area contributed by atoms with Gasteiger partial charge in [-0.15, -0.1) is 0 Å². The number of benzene rings is 1. The van der Waals surface area contributed by atoms with Crippen LogP contribution in [0.1, 0.15) is 12.0 Å². The van der Waals surface area contributed by atoms with Gasteiger partial charge in [0, 0.05) is 32.7 Å². The van der Waals surface area contributed by atoms with Crippen molar-refractivity contribution in [1.29, 1.82) is 0 Å². The first-order valence-corrected chi connectivity index (χ1v) is 8.16. The summed E-state index contributed by atoms with van der Waals surface area (Å²) in [6.07, 6.45) is -4.66. The van der Waals surface area contributed by atoms with Crippen molar-refractivity contribution >= 4 is 5.91 Å². The molecule has 9 heteroatoms. The lowest BCUT2D eigenvalue weighted by atomic mass is 10.1. The Morgan fingerprint density at radius 3 is 2.28 bits per heavy atom. The van der Waals surface area contributed by atoms with Crippen molar-refractivity contribution in [1.82, 2.24) is 20.7 Å². The van der Waals surface area contributed by atoms with Gasteiger partial charge in [-0.1, -0.05) is 12.1 Å². The average molecular weight is 360 g/mol. The molecule has 5 nitrogen and oxygen atoms in total. The Hall–Kier alpha value is -1.71. The molecule has 3 rings (SSSR count). The Morgan fingerprint density at radius 2 is 1.72 bits per heavy atom. The molecule has 138 valence electrons. The fourth-order valence-corrected chi connectivity index (χ4v) is 3.13. The quantitative estimate of drug-likeness (QED) is 0.797. The summed E-state index contributed by atoms with van der Waals surface area (Å²) in [7, 11) is 0. The molecular formula is C16H20F4N4O.